The van der Waals surface area contributed by atoms with Gasteiger partial charge in [-0.1, -0.05) is 37.6 Å². The van der Waals surface area contributed by atoms with Crippen LogP contribution in [0.15, 0.2) is 66.2 Å². The number of rotatable bonds is 7. The molecular weight excluding hydrogens is 494 g/mol. The Labute approximate surface area is 220 Å². The molecule has 0 saturated carbocycles. The third-order valence-electron chi connectivity index (χ3n) is 6.07. The molecule has 0 aromatic heterocycles. The van der Waals surface area contributed by atoms with E-state index < -0.39 is 17.7 Å². The Morgan fingerprint density at radius 3 is 2.41 bits per heavy atom. The van der Waals surface area contributed by atoms with Crippen molar-refractivity contribution in [3.8, 4) is 17.2 Å². The first-order valence-corrected chi connectivity index (χ1v) is 12.2. The standard InChI is InChI=1S/C29H28ClNO6/c1-16(2)15-37-23-10-9-19(12-17(23)3)27(33)25-26(18-8-11-24(36-4)22(32)13-18)31(29(35)28(25)34)21-7-5-6-20(30)14-21/h5-14,16,26,32-33H,15H2,1-4H3/b27-25-. The van der Waals surface area contributed by atoms with Gasteiger partial charge in [-0.25, -0.2) is 0 Å². The van der Waals surface area contributed by atoms with E-state index in [1.54, 1.807) is 48.5 Å². The highest BCUT2D eigenvalue weighted by atomic mass is 35.5. The molecule has 192 valence electrons. The second-order valence-corrected chi connectivity index (χ2v) is 9.70. The van der Waals surface area contributed by atoms with Crippen molar-refractivity contribution in [2.75, 3.05) is 18.6 Å². The molecule has 1 unspecified atom stereocenters. The van der Waals surface area contributed by atoms with Crippen molar-refractivity contribution in [2.45, 2.75) is 26.8 Å². The lowest BCUT2D eigenvalue weighted by molar-refractivity contribution is -0.132. The molecule has 0 spiro atoms. The summed E-state index contributed by atoms with van der Waals surface area (Å²) in [5, 5.41) is 22.2. The number of nitrogens with zero attached hydrogens (tertiary/aromatic N) is 1. The average molecular weight is 522 g/mol. The van der Waals surface area contributed by atoms with Gasteiger partial charge < -0.3 is 19.7 Å². The minimum atomic E-state index is -1.02. The molecule has 0 aliphatic carbocycles. The molecular formula is C29H28ClNO6. The van der Waals surface area contributed by atoms with Gasteiger partial charge in [0.2, 0.25) is 0 Å². The van der Waals surface area contributed by atoms with E-state index in [1.807, 2.05) is 20.8 Å². The number of halogens is 1. The molecule has 3 aromatic carbocycles. The summed E-state index contributed by atoms with van der Waals surface area (Å²) < 4.78 is 11.0. The van der Waals surface area contributed by atoms with Crippen molar-refractivity contribution in [1.82, 2.24) is 0 Å². The quantitative estimate of drug-likeness (QED) is 0.224. The van der Waals surface area contributed by atoms with E-state index >= 15 is 0 Å². The van der Waals surface area contributed by atoms with Crippen molar-refractivity contribution in [3.05, 3.63) is 87.9 Å². The van der Waals surface area contributed by atoms with Gasteiger partial charge in [-0.2, -0.15) is 0 Å². The molecule has 37 heavy (non-hydrogen) atoms. The summed E-state index contributed by atoms with van der Waals surface area (Å²) >= 11 is 6.19. The van der Waals surface area contributed by atoms with E-state index in [1.165, 1.54) is 24.1 Å². The number of anilines is 1. The molecule has 1 saturated heterocycles. The van der Waals surface area contributed by atoms with Crippen molar-refractivity contribution < 1.29 is 29.3 Å². The van der Waals surface area contributed by atoms with Crippen LogP contribution in [-0.2, 0) is 9.59 Å². The number of ketones is 1. The zero-order chi connectivity index (χ0) is 26.9. The van der Waals surface area contributed by atoms with Crippen LogP contribution in [0.2, 0.25) is 5.02 Å². The fraction of sp³-hybridized carbons (Fsp3) is 0.241. The van der Waals surface area contributed by atoms with Crippen LogP contribution in [0.25, 0.3) is 5.76 Å². The summed E-state index contributed by atoms with van der Waals surface area (Å²) in [6, 6.07) is 15.2. The molecule has 0 radical (unpaired) electrons. The van der Waals surface area contributed by atoms with Gasteiger partial charge in [-0.15, -0.1) is 0 Å². The first-order valence-electron chi connectivity index (χ1n) is 11.8. The SMILES string of the molecule is COc1ccc(C2/C(=C(/O)c3ccc(OCC(C)C)c(C)c3)C(=O)C(=O)N2c2cccc(Cl)c2)cc1O. The maximum Gasteiger partial charge on any atom is 0.300 e. The maximum absolute atomic E-state index is 13.4. The highest BCUT2D eigenvalue weighted by molar-refractivity contribution is 6.51. The van der Waals surface area contributed by atoms with Crippen LogP contribution in [-0.4, -0.2) is 35.6 Å². The third-order valence-corrected chi connectivity index (χ3v) is 6.31. The Balaban J connectivity index is 1.88. The number of carbonyl (C=O) groups excluding carboxylic acids is 2. The second kappa shape index (κ2) is 10.6. The summed E-state index contributed by atoms with van der Waals surface area (Å²) in [7, 11) is 1.42. The fourth-order valence-corrected chi connectivity index (χ4v) is 4.47. The number of hydrogen-bond donors (Lipinski definition) is 2. The number of ether oxygens (including phenoxy) is 2. The molecule has 8 heteroatoms. The molecule has 1 aliphatic rings. The average Bonchev–Trinajstić information content (AvgIpc) is 3.13. The molecule has 7 nitrogen and oxygen atoms in total. The summed E-state index contributed by atoms with van der Waals surface area (Å²) in [5.41, 5.74) is 1.81. The Kier molecular flexibility index (Phi) is 7.45. The number of aromatic hydroxyl groups is 1. The number of carbonyl (C=O) groups is 2. The number of phenols is 1. The van der Waals surface area contributed by atoms with Crippen molar-refractivity contribution in [3.63, 3.8) is 0 Å². The lowest BCUT2D eigenvalue weighted by Crippen LogP contribution is -2.29. The van der Waals surface area contributed by atoms with Crippen LogP contribution in [0.5, 0.6) is 17.2 Å². The number of methoxy groups -OCH3 is 1. The normalized spacial score (nSPS) is 16.9. The van der Waals surface area contributed by atoms with E-state index in [0.29, 0.717) is 40.1 Å². The lowest BCUT2D eigenvalue weighted by Gasteiger charge is -2.26. The molecule has 2 N–H and O–H groups in total. The summed E-state index contributed by atoms with van der Waals surface area (Å²) in [6.45, 7) is 6.48. The minimum Gasteiger partial charge on any atom is -0.507 e. The number of hydrogen-bond acceptors (Lipinski definition) is 6. The molecule has 1 fully saturated rings. The first-order chi connectivity index (χ1) is 17.6. The van der Waals surface area contributed by atoms with E-state index in [-0.39, 0.29) is 22.8 Å². The molecule has 0 bridgehead atoms. The lowest BCUT2D eigenvalue weighted by atomic mass is 9.94. The van der Waals surface area contributed by atoms with Gasteiger partial charge in [0.25, 0.3) is 11.7 Å². The predicted octanol–water partition coefficient (Wildman–Crippen LogP) is 6.02. The number of amides is 1. The van der Waals surface area contributed by atoms with Gasteiger partial charge in [-0.3, -0.25) is 14.5 Å². The van der Waals surface area contributed by atoms with Gasteiger partial charge >= 0.3 is 0 Å². The molecule has 1 atom stereocenters. The molecule has 1 amide bonds. The van der Waals surface area contributed by atoms with Crippen LogP contribution < -0.4 is 14.4 Å². The third kappa shape index (κ3) is 5.13. The van der Waals surface area contributed by atoms with Gasteiger partial charge in [0.15, 0.2) is 11.5 Å². The Hall–Kier alpha value is -3.97. The topological polar surface area (TPSA) is 96.3 Å². The maximum atomic E-state index is 13.4. The van der Waals surface area contributed by atoms with Crippen LogP contribution in [0, 0.1) is 12.8 Å². The number of aliphatic hydroxyl groups is 1. The summed E-state index contributed by atoms with van der Waals surface area (Å²) in [5.74, 6) is -0.928. The zero-order valence-electron chi connectivity index (χ0n) is 21.0. The van der Waals surface area contributed by atoms with Crippen molar-refractivity contribution >= 4 is 34.7 Å². The zero-order valence-corrected chi connectivity index (χ0v) is 21.7. The Bertz CT molecular complexity index is 1400. The Morgan fingerprint density at radius 2 is 1.78 bits per heavy atom. The van der Waals surface area contributed by atoms with Crippen molar-refractivity contribution in [2.24, 2.45) is 5.92 Å². The smallest absolute Gasteiger partial charge is 0.300 e. The first kappa shape index (κ1) is 26.1. The highest BCUT2D eigenvalue weighted by Gasteiger charge is 2.47. The van der Waals surface area contributed by atoms with Crippen LogP contribution >= 0.6 is 11.6 Å². The van der Waals surface area contributed by atoms with Gasteiger partial charge in [0, 0.05) is 16.3 Å². The van der Waals surface area contributed by atoms with Gasteiger partial charge in [0.05, 0.1) is 25.3 Å². The molecule has 1 heterocycles. The van der Waals surface area contributed by atoms with E-state index in [4.69, 9.17) is 21.1 Å². The molecule has 3 aromatic rings. The highest BCUT2D eigenvalue weighted by Crippen LogP contribution is 2.44. The Morgan fingerprint density at radius 1 is 1.05 bits per heavy atom. The van der Waals surface area contributed by atoms with Crippen molar-refractivity contribution in [1.29, 1.82) is 0 Å². The minimum absolute atomic E-state index is 0.107. The molecule has 1 aliphatic heterocycles. The summed E-state index contributed by atoms with van der Waals surface area (Å²) in [6.07, 6.45) is 0. The number of Topliss-reactive ketones (excluding diaryl/α,β-unsaturated/α-hetero) is 1. The molecule has 4 rings (SSSR count). The predicted molar refractivity (Wildman–Crippen MR) is 142 cm³/mol. The second-order valence-electron chi connectivity index (χ2n) is 9.27. The monoisotopic (exact) mass is 521 g/mol. The number of benzene rings is 3. The van der Waals surface area contributed by atoms with Gasteiger partial charge in [0.1, 0.15) is 11.5 Å². The van der Waals surface area contributed by atoms with E-state index in [9.17, 15) is 19.8 Å². The number of aliphatic hydroxyl groups excluding tert-OH is 1. The number of phenolic OH excluding ortho intramolecular Hbond substituents is 1. The largest absolute Gasteiger partial charge is 0.507 e. The van der Waals surface area contributed by atoms with Gasteiger partial charge in [-0.05, 0) is 72.5 Å². The fourth-order valence-electron chi connectivity index (χ4n) is 4.29. The van der Waals surface area contributed by atoms with Crippen LogP contribution in [0.1, 0.15) is 36.6 Å². The number of aryl methyl sites for hydroxylation is 1. The van der Waals surface area contributed by atoms with E-state index in [0.717, 1.165) is 5.56 Å². The van der Waals surface area contributed by atoms with E-state index in [2.05, 4.69) is 0 Å². The van der Waals surface area contributed by atoms with Crippen LogP contribution in [0.4, 0.5) is 5.69 Å². The summed E-state index contributed by atoms with van der Waals surface area (Å²) in [4.78, 5) is 27.9. The van der Waals surface area contributed by atoms with Crippen LogP contribution in [0.3, 0.4) is 0 Å².